The number of fused-ring (bicyclic) bond motifs is 9. The minimum Gasteiger partial charge on any atom is -0.456 e. The summed E-state index contributed by atoms with van der Waals surface area (Å²) < 4.78 is 61.4. The van der Waals surface area contributed by atoms with Crippen molar-refractivity contribution in [3.05, 3.63) is 170 Å². The highest BCUT2D eigenvalue weighted by molar-refractivity contribution is 6.25. The molecular formula is C46H28N2O. The van der Waals surface area contributed by atoms with E-state index in [1.54, 1.807) is 0 Å². The van der Waals surface area contributed by atoms with Gasteiger partial charge in [-0.1, -0.05) is 139 Å². The van der Waals surface area contributed by atoms with E-state index in [4.69, 9.17) is 17.1 Å². The van der Waals surface area contributed by atoms with Gasteiger partial charge in [-0.15, -0.1) is 0 Å². The summed E-state index contributed by atoms with van der Waals surface area (Å²) >= 11 is 0. The Morgan fingerprint density at radius 2 is 1.00 bits per heavy atom. The van der Waals surface area contributed by atoms with Crippen molar-refractivity contribution in [2.45, 2.75) is 0 Å². The van der Waals surface area contributed by atoms with Gasteiger partial charge in [-0.05, 0) is 73.7 Å². The van der Waals surface area contributed by atoms with Crippen LogP contribution in [-0.2, 0) is 0 Å². The summed E-state index contributed by atoms with van der Waals surface area (Å²) in [6.07, 6.45) is 0. The van der Waals surface area contributed by atoms with Crippen molar-refractivity contribution < 1.29 is 12.6 Å². The molecule has 10 aromatic rings. The third-order valence-corrected chi connectivity index (χ3v) is 9.19. The fraction of sp³-hybridized carbons (Fsp3) is 0. The molecule has 0 aliphatic rings. The van der Waals surface area contributed by atoms with E-state index in [0.717, 1.165) is 43.4 Å². The first-order chi connectivity index (χ1) is 26.8. The van der Waals surface area contributed by atoms with Crippen LogP contribution >= 0.6 is 0 Å². The first-order valence-corrected chi connectivity index (χ1v) is 16.1. The van der Waals surface area contributed by atoms with Gasteiger partial charge >= 0.3 is 0 Å². The molecule has 10 rings (SSSR count). The minimum absolute atomic E-state index is 0.0597. The van der Waals surface area contributed by atoms with Gasteiger partial charge in [-0.25, -0.2) is 9.97 Å². The molecule has 0 aliphatic carbocycles. The molecule has 3 nitrogen and oxygen atoms in total. The summed E-state index contributed by atoms with van der Waals surface area (Å²) in [5, 5.41) is 6.69. The molecule has 0 aliphatic heterocycles. The maximum absolute atomic E-state index is 9.75. The van der Waals surface area contributed by atoms with E-state index in [2.05, 4.69) is 24.3 Å². The molecule has 0 unspecified atom stereocenters. The third kappa shape index (κ3) is 4.51. The van der Waals surface area contributed by atoms with Crippen LogP contribution in [0.4, 0.5) is 0 Å². The third-order valence-electron chi connectivity index (χ3n) is 9.19. The molecule has 0 N–H and O–H groups in total. The van der Waals surface area contributed by atoms with Gasteiger partial charge in [0.1, 0.15) is 11.2 Å². The predicted molar refractivity (Wildman–Crippen MR) is 204 cm³/mol. The van der Waals surface area contributed by atoms with Gasteiger partial charge in [-0.3, -0.25) is 0 Å². The van der Waals surface area contributed by atoms with Crippen LogP contribution in [0.5, 0.6) is 0 Å². The van der Waals surface area contributed by atoms with E-state index >= 15 is 0 Å². The molecule has 0 saturated carbocycles. The van der Waals surface area contributed by atoms with Gasteiger partial charge in [0.15, 0.2) is 5.82 Å². The van der Waals surface area contributed by atoms with Crippen LogP contribution in [0, 0.1) is 0 Å². The molecule has 0 bridgehead atoms. The molecule has 0 atom stereocenters. The average Bonchev–Trinajstić information content (AvgIpc) is 3.64. The van der Waals surface area contributed by atoms with Crippen LogP contribution in [-0.4, -0.2) is 9.97 Å². The fourth-order valence-corrected chi connectivity index (χ4v) is 6.90. The van der Waals surface area contributed by atoms with Crippen molar-refractivity contribution in [2.24, 2.45) is 0 Å². The summed E-state index contributed by atoms with van der Waals surface area (Å²) in [7, 11) is 0. The van der Waals surface area contributed by atoms with Crippen LogP contribution in [0.2, 0.25) is 0 Å². The molecular weight excluding hydrogens is 597 g/mol. The Morgan fingerprint density at radius 1 is 0.429 bits per heavy atom. The SMILES string of the molecule is [2H]c1c(-c2ccc3c4ccccc4c4ccccc4c3c2)c([2H])c2c(oc3c([2H])c([2H])c([2H])c(-c4nc(-c5ccccc5)cc(-c5ccccc5)n4)c32)c1[2H]. The lowest BCUT2D eigenvalue weighted by Crippen LogP contribution is -1.96. The molecule has 3 heteroatoms. The number of furan rings is 1. The van der Waals surface area contributed by atoms with Crippen LogP contribution in [0.3, 0.4) is 0 Å². The molecule has 8 aromatic carbocycles. The zero-order valence-electron chi connectivity index (χ0n) is 32.0. The highest BCUT2D eigenvalue weighted by atomic mass is 16.3. The van der Waals surface area contributed by atoms with Gasteiger partial charge in [0.2, 0.25) is 0 Å². The standard InChI is InChI=1S/C46H28N2O/c1-3-12-29(13-4-1)41-28-42(30-14-5-2-6-15-30)48-46(47-41)38-20-11-21-44-45(38)40-27-32(23-25-43(40)49-44)31-22-24-37-35-18-8-7-16-33(35)34-17-9-10-19-36(34)39(37)26-31/h1-28H/i11D,20D,21D,23D,25D,27D. The fourth-order valence-electron chi connectivity index (χ4n) is 6.90. The van der Waals surface area contributed by atoms with Crippen molar-refractivity contribution in [1.82, 2.24) is 9.97 Å². The van der Waals surface area contributed by atoms with Crippen molar-refractivity contribution in [1.29, 1.82) is 0 Å². The van der Waals surface area contributed by atoms with Crippen molar-refractivity contribution >= 4 is 54.3 Å². The Hall–Kier alpha value is -6.58. The minimum atomic E-state index is -0.394. The number of nitrogens with zero attached hydrogens (tertiary/aromatic N) is 2. The summed E-state index contributed by atoms with van der Waals surface area (Å²) in [6, 6.07) is 41.8. The monoisotopic (exact) mass is 630 g/mol. The van der Waals surface area contributed by atoms with E-state index in [1.807, 2.05) is 109 Å². The number of aromatic nitrogens is 2. The Labute approximate surface area is 291 Å². The average molecular weight is 631 g/mol. The maximum atomic E-state index is 9.75. The molecule has 0 amide bonds. The molecule has 0 radical (unpaired) electrons. The van der Waals surface area contributed by atoms with Gasteiger partial charge in [-0.2, -0.15) is 0 Å². The zero-order chi connectivity index (χ0) is 37.5. The van der Waals surface area contributed by atoms with Crippen molar-refractivity contribution in [2.75, 3.05) is 0 Å². The molecule has 0 spiro atoms. The maximum Gasteiger partial charge on any atom is 0.161 e. The molecule has 49 heavy (non-hydrogen) atoms. The summed E-state index contributed by atoms with van der Waals surface area (Å²) in [5.41, 5.74) is 3.62. The summed E-state index contributed by atoms with van der Waals surface area (Å²) in [4.78, 5) is 9.89. The Kier molecular flexibility index (Phi) is 4.96. The van der Waals surface area contributed by atoms with Crippen LogP contribution in [0.1, 0.15) is 8.22 Å². The lowest BCUT2D eigenvalue weighted by molar-refractivity contribution is 0.669. The largest absolute Gasteiger partial charge is 0.456 e. The topological polar surface area (TPSA) is 38.9 Å². The second-order valence-electron chi connectivity index (χ2n) is 12.1. The van der Waals surface area contributed by atoms with Gasteiger partial charge in [0, 0.05) is 27.5 Å². The van der Waals surface area contributed by atoms with E-state index in [0.29, 0.717) is 17.0 Å². The van der Waals surface area contributed by atoms with E-state index in [-0.39, 0.29) is 69.1 Å². The Morgan fingerprint density at radius 3 is 1.63 bits per heavy atom. The second kappa shape index (κ2) is 11.0. The quantitative estimate of drug-likeness (QED) is 0.182. The Balaban J connectivity index is 1.30. The highest BCUT2D eigenvalue weighted by Crippen LogP contribution is 2.41. The molecule has 2 heterocycles. The highest BCUT2D eigenvalue weighted by Gasteiger charge is 2.18. The normalized spacial score (nSPS) is 13.4. The molecule has 2 aromatic heterocycles. The van der Waals surface area contributed by atoms with E-state index < -0.39 is 6.04 Å². The Bertz CT molecular complexity index is 3130. The predicted octanol–water partition coefficient (Wildman–Crippen LogP) is 12.5. The van der Waals surface area contributed by atoms with E-state index in [9.17, 15) is 5.48 Å². The van der Waals surface area contributed by atoms with Crippen LogP contribution < -0.4 is 0 Å². The number of rotatable bonds is 4. The second-order valence-corrected chi connectivity index (χ2v) is 12.1. The first-order valence-electron chi connectivity index (χ1n) is 19.1. The number of hydrogen-bond acceptors (Lipinski definition) is 3. The van der Waals surface area contributed by atoms with Crippen molar-refractivity contribution in [3.63, 3.8) is 0 Å². The lowest BCUT2D eigenvalue weighted by atomic mass is 9.92. The smallest absolute Gasteiger partial charge is 0.161 e. The number of benzene rings is 8. The van der Waals surface area contributed by atoms with Gasteiger partial charge in [0.25, 0.3) is 0 Å². The summed E-state index contributed by atoms with van der Waals surface area (Å²) in [6.45, 7) is 0. The zero-order valence-corrected chi connectivity index (χ0v) is 26.0. The lowest BCUT2D eigenvalue weighted by Gasteiger charge is -2.12. The van der Waals surface area contributed by atoms with Gasteiger partial charge in [0.05, 0.1) is 19.6 Å². The number of hydrogen-bond donors (Lipinski definition) is 0. The van der Waals surface area contributed by atoms with Gasteiger partial charge < -0.3 is 4.42 Å². The van der Waals surface area contributed by atoms with Crippen LogP contribution in [0.25, 0.3) is 99.3 Å². The first kappa shape index (κ1) is 22.1. The van der Waals surface area contributed by atoms with E-state index in [1.165, 1.54) is 0 Å². The van der Waals surface area contributed by atoms with Crippen LogP contribution in [0.15, 0.2) is 174 Å². The molecule has 228 valence electrons. The molecule has 0 fully saturated rings. The molecule has 0 saturated heterocycles. The van der Waals surface area contributed by atoms with Crippen molar-refractivity contribution in [3.8, 4) is 45.0 Å². The summed E-state index contributed by atoms with van der Waals surface area (Å²) in [5.74, 6) is 0.123.